The predicted octanol–water partition coefficient (Wildman–Crippen LogP) is 3.25. The number of hydrazone groups is 1. The Hall–Kier alpha value is -1.20. The lowest BCUT2D eigenvalue weighted by atomic mass is 9.96. The fraction of sp³-hybridized carbons (Fsp3) is 0.467. The maximum absolute atomic E-state index is 12.3. The van der Waals surface area contributed by atoms with Gasteiger partial charge < -0.3 is 5.11 Å². The molecule has 0 saturated heterocycles. The molecule has 1 N–H and O–H groups in total. The summed E-state index contributed by atoms with van der Waals surface area (Å²) < 4.78 is 0.932. The SMILES string of the molecule is CCC1=NN(C(=O)C(C)C)[C@](O)(c2ccc(Br)cc2)C1. The number of carbonyl (C=O) groups is 1. The Labute approximate surface area is 127 Å². The molecule has 5 heteroatoms. The third kappa shape index (κ3) is 2.65. The summed E-state index contributed by atoms with van der Waals surface area (Å²) in [6.45, 7) is 5.60. The Morgan fingerprint density at radius 2 is 2.05 bits per heavy atom. The highest BCUT2D eigenvalue weighted by atomic mass is 79.9. The summed E-state index contributed by atoms with van der Waals surface area (Å²) in [4.78, 5) is 12.3. The molecule has 0 radical (unpaired) electrons. The summed E-state index contributed by atoms with van der Waals surface area (Å²) in [5.74, 6) is -0.379. The maximum atomic E-state index is 12.3. The summed E-state index contributed by atoms with van der Waals surface area (Å²) >= 11 is 3.37. The lowest BCUT2D eigenvalue weighted by molar-refractivity contribution is -0.161. The molecule has 1 heterocycles. The van der Waals surface area contributed by atoms with E-state index in [0.717, 1.165) is 16.6 Å². The van der Waals surface area contributed by atoms with E-state index in [1.54, 1.807) is 0 Å². The number of carbonyl (C=O) groups excluding carboxylic acids is 1. The highest BCUT2D eigenvalue weighted by Gasteiger charge is 2.45. The lowest BCUT2D eigenvalue weighted by Crippen LogP contribution is -2.45. The van der Waals surface area contributed by atoms with Crippen molar-refractivity contribution in [3.05, 3.63) is 34.3 Å². The summed E-state index contributed by atoms with van der Waals surface area (Å²) in [5.41, 5.74) is 0.152. The molecule has 108 valence electrons. The summed E-state index contributed by atoms with van der Waals surface area (Å²) in [6, 6.07) is 7.35. The molecule has 1 aliphatic rings. The van der Waals surface area contributed by atoms with Gasteiger partial charge in [0.1, 0.15) is 0 Å². The van der Waals surface area contributed by atoms with Gasteiger partial charge in [0, 0.05) is 28.1 Å². The van der Waals surface area contributed by atoms with Gasteiger partial charge >= 0.3 is 0 Å². The number of hydrogen-bond donors (Lipinski definition) is 1. The number of hydrogen-bond acceptors (Lipinski definition) is 3. The van der Waals surface area contributed by atoms with Crippen molar-refractivity contribution in [2.24, 2.45) is 11.0 Å². The molecule has 0 saturated carbocycles. The van der Waals surface area contributed by atoms with Crippen molar-refractivity contribution in [3.63, 3.8) is 0 Å². The Balaban J connectivity index is 2.42. The van der Waals surface area contributed by atoms with E-state index in [0.29, 0.717) is 12.0 Å². The highest BCUT2D eigenvalue weighted by Crippen LogP contribution is 2.37. The van der Waals surface area contributed by atoms with E-state index in [4.69, 9.17) is 0 Å². The molecule has 20 heavy (non-hydrogen) atoms. The third-order valence-corrected chi connectivity index (χ3v) is 3.99. The van der Waals surface area contributed by atoms with Gasteiger partial charge in [0.15, 0.2) is 5.72 Å². The van der Waals surface area contributed by atoms with E-state index in [1.807, 2.05) is 45.0 Å². The molecule has 0 unspecified atom stereocenters. The van der Waals surface area contributed by atoms with Crippen LogP contribution in [0.25, 0.3) is 0 Å². The number of rotatable bonds is 3. The Bertz CT molecular complexity index is 539. The van der Waals surface area contributed by atoms with Crippen LogP contribution >= 0.6 is 15.9 Å². The molecule has 1 aromatic rings. The molecular formula is C15H19BrN2O2. The Morgan fingerprint density at radius 1 is 1.45 bits per heavy atom. The Morgan fingerprint density at radius 3 is 2.55 bits per heavy atom. The van der Waals surface area contributed by atoms with E-state index in [-0.39, 0.29) is 11.8 Å². The largest absolute Gasteiger partial charge is 0.365 e. The van der Waals surface area contributed by atoms with E-state index in [2.05, 4.69) is 21.0 Å². The van der Waals surface area contributed by atoms with Gasteiger partial charge in [-0.05, 0) is 18.6 Å². The van der Waals surface area contributed by atoms with Gasteiger partial charge in [-0.25, -0.2) is 0 Å². The van der Waals surface area contributed by atoms with Crippen molar-refractivity contribution in [1.82, 2.24) is 5.01 Å². The van der Waals surface area contributed by atoms with Crippen molar-refractivity contribution >= 4 is 27.5 Å². The second-order valence-corrected chi connectivity index (χ2v) is 6.24. The fourth-order valence-corrected chi connectivity index (χ4v) is 2.50. The molecule has 0 fully saturated rings. The molecule has 1 atom stereocenters. The minimum atomic E-state index is -1.37. The van der Waals surface area contributed by atoms with Gasteiger partial charge in [-0.2, -0.15) is 10.1 Å². The molecule has 1 aliphatic heterocycles. The first kappa shape index (κ1) is 15.2. The zero-order valence-corrected chi connectivity index (χ0v) is 13.5. The van der Waals surface area contributed by atoms with Crippen LogP contribution in [-0.4, -0.2) is 21.7 Å². The van der Waals surface area contributed by atoms with E-state index >= 15 is 0 Å². The molecule has 4 nitrogen and oxygen atoms in total. The molecule has 2 rings (SSSR count). The first-order valence-corrected chi connectivity index (χ1v) is 7.56. The van der Waals surface area contributed by atoms with E-state index in [9.17, 15) is 9.90 Å². The van der Waals surface area contributed by atoms with Crippen LogP contribution in [0.5, 0.6) is 0 Å². The van der Waals surface area contributed by atoms with Crippen LogP contribution in [0, 0.1) is 5.92 Å². The van der Waals surface area contributed by atoms with Gasteiger partial charge in [-0.3, -0.25) is 4.79 Å². The molecule has 1 aromatic carbocycles. The zero-order valence-electron chi connectivity index (χ0n) is 11.9. The van der Waals surface area contributed by atoms with Crippen molar-refractivity contribution in [3.8, 4) is 0 Å². The van der Waals surface area contributed by atoms with E-state index < -0.39 is 5.72 Å². The van der Waals surface area contributed by atoms with Crippen molar-refractivity contribution < 1.29 is 9.90 Å². The summed E-state index contributed by atoms with van der Waals surface area (Å²) in [6.07, 6.45) is 1.09. The molecule has 1 amide bonds. The standard InChI is InChI=1S/C15H19BrN2O2/c1-4-13-9-15(20,11-5-7-12(16)8-6-11)18(17-13)14(19)10(2)3/h5-8,10,20H,4,9H2,1-3H3/t15-/m1/s1. The minimum Gasteiger partial charge on any atom is -0.365 e. The van der Waals surface area contributed by atoms with Crippen LogP contribution in [0.3, 0.4) is 0 Å². The zero-order chi connectivity index (χ0) is 14.9. The second kappa shape index (κ2) is 5.66. The highest BCUT2D eigenvalue weighted by molar-refractivity contribution is 9.10. The van der Waals surface area contributed by atoms with Crippen LogP contribution in [0.15, 0.2) is 33.8 Å². The van der Waals surface area contributed by atoms with Crippen molar-refractivity contribution in [1.29, 1.82) is 0 Å². The van der Waals surface area contributed by atoms with Gasteiger partial charge in [0.2, 0.25) is 5.91 Å². The second-order valence-electron chi connectivity index (χ2n) is 5.32. The number of halogens is 1. The smallest absolute Gasteiger partial charge is 0.248 e. The molecular weight excluding hydrogens is 320 g/mol. The summed E-state index contributed by atoms with van der Waals surface area (Å²) in [7, 11) is 0. The topological polar surface area (TPSA) is 52.9 Å². The van der Waals surface area contributed by atoms with Crippen LogP contribution in [0.4, 0.5) is 0 Å². The quantitative estimate of drug-likeness (QED) is 0.919. The molecule has 0 aromatic heterocycles. The number of amides is 1. The Kier molecular flexibility index (Phi) is 4.30. The van der Waals surface area contributed by atoms with Gasteiger partial charge in [0.05, 0.1) is 0 Å². The third-order valence-electron chi connectivity index (χ3n) is 3.46. The molecule has 0 bridgehead atoms. The maximum Gasteiger partial charge on any atom is 0.248 e. The predicted molar refractivity (Wildman–Crippen MR) is 82.1 cm³/mol. The fourth-order valence-electron chi connectivity index (χ4n) is 2.23. The van der Waals surface area contributed by atoms with Crippen LogP contribution in [-0.2, 0) is 10.5 Å². The molecule has 0 spiro atoms. The average molecular weight is 339 g/mol. The summed E-state index contributed by atoms with van der Waals surface area (Å²) in [5, 5.41) is 16.6. The first-order valence-electron chi connectivity index (χ1n) is 6.77. The normalized spacial score (nSPS) is 22.3. The van der Waals surface area contributed by atoms with Gasteiger partial charge in [0.25, 0.3) is 0 Å². The van der Waals surface area contributed by atoms with E-state index in [1.165, 1.54) is 5.01 Å². The number of benzene rings is 1. The lowest BCUT2D eigenvalue weighted by Gasteiger charge is -2.32. The first-order chi connectivity index (χ1) is 9.38. The van der Waals surface area contributed by atoms with Crippen molar-refractivity contribution in [2.45, 2.75) is 39.3 Å². The van der Waals surface area contributed by atoms with Crippen molar-refractivity contribution in [2.75, 3.05) is 0 Å². The number of nitrogens with zero attached hydrogens (tertiary/aromatic N) is 2. The van der Waals surface area contributed by atoms with Crippen LogP contribution < -0.4 is 0 Å². The average Bonchev–Trinajstić information content (AvgIpc) is 2.77. The minimum absolute atomic E-state index is 0.168. The monoisotopic (exact) mass is 338 g/mol. The van der Waals surface area contributed by atoms with Gasteiger partial charge in [-0.15, -0.1) is 0 Å². The van der Waals surface area contributed by atoms with Crippen LogP contribution in [0.2, 0.25) is 0 Å². The molecule has 0 aliphatic carbocycles. The van der Waals surface area contributed by atoms with Gasteiger partial charge in [-0.1, -0.05) is 48.8 Å². The number of aliphatic hydroxyl groups is 1. The van der Waals surface area contributed by atoms with Crippen LogP contribution in [0.1, 0.15) is 39.2 Å².